The first-order valence-electron chi connectivity index (χ1n) is 3.81. The molecule has 2 aromatic rings. The lowest BCUT2D eigenvalue weighted by atomic mass is 10.2. The van der Waals surface area contributed by atoms with Gasteiger partial charge in [-0.3, -0.25) is 4.98 Å². The summed E-state index contributed by atoms with van der Waals surface area (Å²) in [5, 5.41) is 8.73. The standard InChI is InChI=1S/C10H6N2O/c11-7-8-4-6-13-10(8)9-3-1-2-5-12-9/h1-6H. The Labute approximate surface area is 75.3 Å². The fourth-order valence-electron chi connectivity index (χ4n) is 1.09. The van der Waals surface area contributed by atoms with E-state index >= 15 is 0 Å². The molecule has 3 heteroatoms. The zero-order chi connectivity index (χ0) is 9.10. The maximum absolute atomic E-state index is 8.73. The van der Waals surface area contributed by atoms with E-state index in [1.165, 1.54) is 6.26 Å². The van der Waals surface area contributed by atoms with Crippen molar-refractivity contribution in [2.24, 2.45) is 0 Å². The van der Waals surface area contributed by atoms with Gasteiger partial charge in [0.1, 0.15) is 11.8 Å². The van der Waals surface area contributed by atoms with Crippen molar-refractivity contribution in [2.75, 3.05) is 0 Å². The molecular formula is C10H6N2O. The summed E-state index contributed by atoms with van der Waals surface area (Å²) in [5.74, 6) is 0.531. The van der Waals surface area contributed by atoms with Crippen molar-refractivity contribution in [2.45, 2.75) is 0 Å². The lowest BCUT2D eigenvalue weighted by Gasteiger charge is -1.93. The van der Waals surface area contributed by atoms with E-state index in [9.17, 15) is 0 Å². The minimum Gasteiger partial charge on any atom is -0.461 e. The molecule has 0 bridgehead atoms. The predicted molar refractivity (Wildman–Crippen MR) is 46.7 cm³/mol. The van der Waals surface area contributed by atoms with Gasteiger partial charge in [-0.15, -0.1) is 0 Å². The van der Waals surface area contributed by atoms with Crippen molar-refractivity contribution in [3.05, 3.63) is 42.3 Å². The molecule has 2 rings (SSSR count). The summed E-state index contributed by atoms with van der Waals surface area (Å²) in [4.78, 5) is 4.08. The van der Waals surface area contributed by atoms with Crippen molar-refractivity contribution >= 4 is 0 Å². The van der Waals surface area contributed by atoms with Crippen LogP contribution >= 0.6 is 0 Å². The molecule has 0 aliphatic carbocycles. The highest BCUT2D eigenvalue weighted by Crippen LogP contribution is 2.21. The van der Waals surface area contributed by atoms with Gasteiger partial charge in [-0.05, 0) is 18.2 Å². The molecule has 2 heterocycles. The second-order valence-corrected chi connectivity index (χ2v) is 2.49. The van der Waals surface area contributed by atoms with Gasteiger partial charge in [-0.1, -0.05) is 6.07 Å². The lowest BCUT2D eigenvalue weighted by Crippen LogP contribution is -1.81. The minimum atomic E-state index is 0.513. The summed E-state index contributed by atoms with van der Waals surface area (Å²) in [6, 6.07) is 9.15. The Bertz CT molecular complexity index is 439. The van der Waals surface area contributed by atoms with E-state index in [0.29, 0.717) is 17.0 Å². The quantitative estimate of drug-likeness (QED) is 0.659. The van der Waals surface area contributed by atoms with Crippen LogP contribution in [0.25, 0.3) is 11.5 Å². The van der Waals surface area contributed by atoms with Crippen LogP contribution < -0.4 is 0 Å². The van der Waals surface area contributed by atoms with Gasteiger partial charge in [0, 0.05) is 6.20 Å². The number of aromatic nitrogens is 1. The van der Waals surface area contributed by atoms with Crippen molar-refractivity contribution in [3.8, 4) is 17.5 Å². The lowest BCUT2D eigenvalue weighted by molar-refractivity contribution is 0.579. The summed E-state index contributed by atoms with van der Waals surface area (Å²) >= 11 is 0. The molecular weight excluding hydrogens is 164 g/mol. The van der Waals surface area contributed by atoms with E-state index in [0.717, 1.165) is 0 Å². The van der Waals surface area contributed by atoms with Gasteiger partial charge in [0.05, 0.1) is 11.8 Å². The molecule has 62 valence electrons. The number of hydrogen-bond acceptors (Lipinski definition) is 3. The number of hydrogen-bond donors (Lipinski definition) is 0. The molecule has 13 heavy (non-hydrogen) atoms. The summed E-state index contributed by atoms with van der Waals surface area (Å²) in [7, 11) is 0. The summed E-state index contributed by atoms with van der Waals surface area (Å²) in [6.45, 7) is 0. The zero-order valence-corrected chi connectivity index (χ0v) is 6.77. The van der Waals surface area contributed by atoms with Gasteiger partial charge < -0.3 is 4.42 Å². The average molecular weight is 170 g/mol. The summed E-state index contributed by atoms with van der Waals surface area (Å²) in [6.07, 6.45) is 3.15. The highest BCUT2D eigenvalue weighted by atomic mass is 16.3. The summed E-state index contributed by atoms with van der Waals surface area (Å²) in [5.41, 5.74) is 1.20. The molecule has 0 atom stereocenters. The predicted octanol–water partition coefficient (Wildman–Crippen LogP) is 2.21. The minimum absolute atomic E-state index is 0.513. The third-order valence-electron chi connectivity index (χ3n) is 1.68. The summed E-state index contributed by atoms with van der Waals surface area (Å²) < 4.78 is 5.16. The molecule has 2 aromatic heterocycles. The fraction of sp³-hybridized carbons (Fsp3) is 0. The number of pyridine rings is 1. The number of nitriles is 1. The number of rotatable bonds is 1. The Morgan fingerprint density at radius 1 is 1.31 bits per heavy atom. The zero-order valence-electron chi connectivity index (χ0n) is 6.77. The maximum Gasteiger partial charge on any atom is 0.169 e. The van der Waals surface area contributed by atoms with Crippen LogP contribution in [0.1, 0.15) is 5.56 Å². The molecule has 3 nitrogen and oxygen atoms in total. The first-order valence-corrected chi connectivity index (χ1v) is 3.81. The molecule has 0 radical (unpaired) electrons. The molecule has 0 saturated heterocycles. The second kappa shape index (κ2) is 3.11. The van der Waals surface area contributed by atoms with Gasteiger partial charge in [-0.2, -0.15) is 5.26 Å². The van der Waals surface area contributed by atoms with Crippen LogP contribution in [0.2, 0.25) is 0 Å². The molecule has 0 unspecified atom stereocenters. The van der Waals surface area contributed by atoms with E-state index in [4.69, 9.17) is 9.68 Å². The Morgan fingerprint density at radius 2 is 2.23 bits per heavy atom. The van der Waals surface area contributed by atoms with Gasteiger partial charge in [0.25, 0.3) is 0 Å². The first kappa shape index (κ1) is 7.56. The molecule has 0 spiro atoms. The second-order valence-electron chi connectivity index (χ2n) is 2.49. The van der Waals surface area contributed by atoms with E-state index in [2.05, 4.69) is 4.98 Å². The monoisotopic (exact) mass is 170 g/mol. The van der Waals surface area contributed by atoms with Crippen molar-refractivity contribution in [1.82, 2.24) is 4.98 Å². The van der Waals surface area contributed by atoms with Crippen molar-refractivity contribution in [3.63, 3.8) is 0 Å². The Hall–Kier alpha value is -2.08. The van der Waals surface area contributed by atoms with Gasteiger partial charge in [0.15, 0.2) is 5.76 Å². The molecule has 0 aromatic carbocycles. The van der Waals surface area contributed by atoms with Crippen LogP contribution in [0, 0.1) is 11.3 Å². The third-order valence-corrected chi connectivity index (χ3v) is 1.68. The number of furan rings is 1. The first-order chi connectivity index (χ1) is 6.42. The smallest absolute Gasteiger partial charge is 0.169 e. The van der Waals surface area contributed by atoms with Crippen molar-refractivity contribution in [1.29, 1.82) is 5.26 Å². The fourth-order valence-corrected chi connectivity index (χ4v) is 1.09. The SMILES string of the molecule is N#Cc1ccoc1-c1ccccn1. The normalized spacial score (nSPS) is 9.46. The van der Waals surface area contributed by atoms with Gasteiger partial charge in [0.2, 0.25) is 0 Å². The maximum atomic E-state index is 8.73. The van der Waals surface area contributed by atoms with E-state index in [1.807, 2.05) is 18.2 Å². The molecule has 0 saturated carbocycles. The van der Waals surface area contributed by atoms with Crippen LogP contribution in [-0.2, 0) is 0 Å². The van der Waals surface area contributed by atoms with Crippen LogP contribution in [0.15, 0.2) is 41.1 Å². The van der Waals surface area contributed by atoms with Crippen molar-refractivity contribution < 1.29 is 4.42 Å². The van der Waals surface area contributed by atoms with Crippen LogP contribution in [-0.4, -0.2) is 4.98 Å². The van der Waals surface area contributed by atoms with Gasteiger partial charge >= 0.3 is 0 Å². The Balaban J connectivity index is 2.54. The van der Waals surface area contributed by atoms with Gasteiger partial charge in [-0.25, -0.2) is 0 Å². The van der Waals surface area contributed by atoms with Crippen LogP contribution in [0.5, 0.6) is 0 Å². The molecule has 0 amide bonds. The highest BCUT2D eigenvalue weighted by Gasteiger charge is 2.08. The van der Waals surface area contributed by atoms with Crippen LogP contribution in [0.3, 0.4) is 0 Å². The van der Waals surface area contributed by atoms with E-state index in [-0.39, 0.29) is 0 Å². The number of nitrogens with zero attached hydrogens (tertiary/aromatic N) is 2. The third kappa shape index (κ3) is 1.30. The Morgan fingerprint density at radius 3 is 2.92 bits per heavy atom. The van der Waals surface area contributed by atoms with E-state index in [1.54, 1.807) is 18.3 Å². The topological polar surface area (TPSA) is 49.8 Å². The highest BCUT2D eigenvalue weighted by molar-refractivity contribution is 5.60. The molecule has 0 aliphatic rings. The molecule has 0 N–H and O–H groups in total. The van der Waals surface area contributed by atoms with E-state index < -0.39 is 0 Å². The molecule has 0 fully saturated rings. The average Bonchev–Trinajstić information content (AvgIpc) is 2.67. The Kier molecular flexibility index (Phi) is 1.81. The molecule has 0 aliphatic heterocycles. The largest absolute Gasteiger partial charge is 0.461 e. The van der Waals surface area contributed by atoms with Crippen LogP contribution in [0.4, 0.5) is 0 Å².